The molecule has 1 N–H and O–H groups in total. The molecule has 3 rings (SSSR count). The Morgan fingerprint density at radius 3 is 2.10 bits per heavy atom. The van der Waals surface area contributed by atoms with Crippen LogP contribution in [-0.4, -0.2) is 82.9 Å². The van der Waals surface area contributed by atoms with Gasteiger partial charge in [-0.15, -0.1) is 0 Å². The van der Waals surface area contributed by atoms with Gasteiger partial charge in [0.1, 0.15) is 12.4 Å². The van der Waals surface area contributed by atoms with Crippen LogP contribution in [0.5, 0.6) is 23.0 Å². The van der Waals surface area contributed by atoms with E-state index < -0.39 is 0 Å². The van der Waals surface area contributed by atoms with E-state index in [4.69, 9.17) is 18.9 Å². The third-order valence-electron chi connectivity index (χ3n) is 5.20. The Morgan fingerprint density at radius 2 is 1.52 bits per heavy atom. The van der Waals surface area contributed by atoms with Crippen molar-refractivity contribution in [3.63, 3.8) is 0 Å². The van der Waals surface area contributed by atoms with Crippen LogP contribution in [0.4, 0.5) is 5.69 Å². The molecule has 0 aromatic heterocycles. The second-order valence-electron chi connectivity index (χ2n) is 7.24. The number of hydrogen-bond acceptors (Lipinski definition) is 7. The van der Waals surface area contributed by atoms with Gasteiger partial charge in [0.25, 0.3) is 0 Å². The molecule has 168 valence electrons. The first-order valence-corrected chi connectivity index (χ1v) is 10.4. The fourth-order valence-corrected chi connectivity index (χ4v) is 3.54. The number of carbonyl (C=O) groups is 1. The molecule has 0 unspecified atom stereocenters. The topological polar surface area (TPSA) is 72.5 Å². The van der Waals surface area contributed by atoms with Crippen molar-refractivity contribution < 1.29 is 23.7 Å². The predicted octanol–water partition coefficient (Wildman–Crippen LogP) is 2.35. The van der Waals surface area contributed by atoms with Gasteiger partial charge in [-0.3, -0.25) is 14.6 Å². The van der Waals surface area contributed by atoms with E-state index in [0.717, 1.165) is 38.5 Å². The van der Waals surface area contributed by atoms with E-state index in [9.17, 15) is 4.79 Å². The van der Waals surface area contributed by atoms with Crippen molar-refractivity contribution in [1.82, 2.24) is 9.80 Å². The molecule has 1 saturated heterocycles. The van der Waals surface area contributed by atoms with Gasteiger partial charge in [0.15, 0.2) is 11.5 Å². The molecule has 0 radical (unpaired) electrons. The minimum absolute atomic E-state index is 0.0740. The minimum Gasteiger partial charge on any atom is -0.493 e. The zero-order chi connectivity index (χ0) is 22.1. The molecule has 1 aliphatic heterocycles. The van der Waals surface area contributed by atoms with Crippen molar-refractivity contribution in [3.05, 3.63) is 42.5 Å². The van der Waals surface area contributed by atoms with Gasteiger partial charge < -0.3 is 24.3 Å². The molecule has 0 atom stereocenters. The van der Waals surface area contributed by atoms with E-state index >= 15 is 0 Å². The maximum Gasteiger partial charge on any atom is 0.238 e. The first kappa shape index (κ1) is 22.7. The van der Waals surface area contributed by atoms with Gasteiger partial charge in [-0.2, -0.15) is 0 Å². The zero-order valence-electron chi connectivity index (χ0n) is 18.4. The number of piperazine rings is 1. The number of para-hydroxylation sites is 1. The molecule has 8 heteroatoms. The number of anilines is 1. The van der Waals surface area contributed by atoms with Gasteiger partial charge in [-0.05, 0) is 12.1 Å². The first-order chi connectivity index (χ1) is 15.1. The highest BCUT2D eigenvalue weighted by atomic mass is 16.5. The number of benzene rings is 2. The SMILES string of the molecule is COc1cc(NC(=O)CN2CCN(CCOc3ccccc3)CC2)cc(OC)c1OC. The van der Waals surface area contributed by atoms with Crippen molar-refractivity contribution >= 4 is 11.6 Å². The quantitative estimate of drug-likeness (QED) is 0.622. The molecule has 0 aliphatic carbocycles. The molecule has 2 aromatic carbocycles. The molecule has 1 fully saturated rings. The Hall–Kier alpha value is -2.97. The van der Waals surface area contributed by atoms with E-state index in [-0.39, 0.29) is 5.91 Å². The van der Waals surface area contributed by atoms with Gasteiger partial charge in [-0.1, -0.05) is 18.2 Å². The number of ether oxygens (including phenoxy) is 4. The van der Waals surface area contributed by atoms with Crippen molar-refractivity contribution in [2.75, 3.05) is 72.5 Å². The minimum atomic E-state index is -0.0740. The highest BCUT2D eigenvalue weighted by molar-refractivity contribution is 5.93. The van der Waals surface area contributed by atoms with Crippen LogP contribution in [0.1, 0.15) is 0 Å². The number of methoxy groups -OCH3 is 3. The van der Waals surface area contributed by atoms with Crippen LogP contribution in [0.25, 0.3) is 0 Å². The average Bonchev–Trinajstić information content (AvgIpc) is 2.80. The average molecular weight is 430 g/mol. The zero-order valence-corrected chi connectivity index (χ0v) is 18.4. The van der Waals surface area contributed by atoms with Gasteiger partial charge in [-0.25, -0.2) is 0 Å². The molecule has 0 bridgehead atoms. The maximum absolute atomic E-state index is 12.5. The number of hydrogen-bond donors (Lipinski definition) is 1. The fraction of sp³-hybridized carbons (Fsp3) is 0.435. The number of amides is 1. The third-order valence-corrected chi connectivity index (χ3v) is 5.20. The van der Waals surface area contributed by atoms with Crippen LogP contribution in [0, 0.1) is 0 Å². The molecule has 31 heavy (non-hydrogen) atoms. The van der Waals surface area contributed by atoms with Crippen LogP contribution in [0.15, 0.2) is 42.5 Å². The summed E-state index contributed by atoms with van der Waals surface area (Å²) in [7, 11) is 4.65. The lowest BCUT2D eigenvalue weighted by atomic mass is 10.2. The Kier molecular flexibility index (Phi) is 8.37. The number of nitrogens with zero attached hydrogens (tertiary/aromatic N) is 2. The Morgan fingerprint density at radius 1 is 0.903 bits per heavy atom. The van der Waals surface area contributed by atoms with E-state index in [0.29, 0.717) is 36.1 Å². The highest BCUT2D eigenvalue weighted by Crippen LogP contribution is 2.39. The molecule has 8 nitrogen and oxygen atoms in total. The van der Waals surface area contributed by atoms with Gasteiger partial charge >= 0.3 is 0 Å². The summed E-state index contributed by atoms with van der Waals surface area (Å²) in [4.78, 5) is 17.1. The lowest BCUT2D eigenvalue weighted by Gasteiger charge is -2.34. The standard InChI is InChI=1S/C23H31N3O5/c1-28-20-15-18(16-21(29-2)23(20)30-3)24-22(27)17-26-11-9-25(10-12-26)13-14-31-19-7-5-4-6-8-19/h4-8,15-16H,9-14,17H2,1-3H3,(H,24,27). The molecular weight excluding hydrogens is 398 g/mol. The van der Waals surface area contributed by atoms with Crippen LogP contribution in [0.3, 0.4) is 0 Å². The van der Waals surface area contributed by atoms with Crippen molar-refractivity contribution in [3.8, 4) is 23.0 Å². The smallest absolute Gasteiger partial charge is 0.238 e. The third kappa shape index (κ3) is 6.50. The number of nitrogens with one attached hydrogen (secondary N) is 1. The van der Waals surface area contributed by atoms with Crippen LogP contribution >= 0.6 is 0 Å². The molecule has 0 saturated carbocycles. The molecular formula is C23H31N3O5. The molecule has 1 aliphatic rings. The summed E-state index contributed by atoms with van der Waals surface area (Å²) >= 11 is 0. The van der Waals surface area contributed by atoms with Gasteiger partial charge in [0.05, 0.1) is 27.9 Å². The number of rotatable bonds is 10. The first-order valence-electron chi connectivity index (χ1n) is 10.4. The number of carbonyl (C=O) groups excluding carboxylic acids is 1. The summed E-state index contributed by atoms with van der Waals surface area (Å²) in [6.45, 7) is 5.38. The second kappa shape index (κ2) is 11.4. The van der Waals surface area contributed by atoms with Crippen LogP contribution in [-0.2, 0) is 4.79 Å². The van der Waals surface area contributed by atoms with E-state index in [1.165, 1.54) is 0 Å². The molecule has 1 heterocycles. The summed E-state index contributed by atoms with van der Waals surface area (Å²) in [5.41, 5.74) is 0.608. The second-order valence-corrected chi connectivity index (χ2v) is 7.24. The molecule has 2 aromatic rings. The summed E-state index contributed by atoms with van der Waals surface area (Å²) in [6, 6.07) is 13.3. The Labute approximate surface area is 183 Å². The summed E-state index contributed by atoms with van der Waals surface area (Å²) in [5.74, 6) is 2.32. The van der Waals surface area contributed by atoms with Crippen LogP contribution in [0.2, 0.25) is 0 Å². The van der Waals surface area contributed by atoms with Gasteiger partial charge in [0, 0.05) is 50.5 Å². The predicted molar refractivity (Wildman–Crippen MR) is 120 cm³/mol. The van der Waals surface area contributed by atoms with Crippen molar-refractivity contribution in [2.24, 2.45) is 0 Å². The van der Waals surface area contributed by atoms with Crippen molar-refractivity contribution in [2.45, 2.75) is 0 Å². The van der Waals surface area contributed by atoms with E-state index in [1.807, 2.05) is 30.3 Å². The molecule has 0 spiro atoms. The fourth-order valence-electron chi connectivity index (χ4n) is 3.54. The normalized spacial score (nSPS) is 14.7. The summed E-state index contributed by atoms with van der Waals surface area (Å²) in [5, 5.41) is 2.92. The monoisotopic (exact) mass is 429 g/mol. The maximum atomic E-state index is 12.5. The van der Waals surface area contributed by atoms with E-state index in [1.54, 1.807) is 33.5 Å². The lowest BCUT2D eigenvalue weighted by molar-refractivity contribution is -0.117. The van der Waals surface area contributed by atoms with Crippen LogP contribution < -0.4 is 24.3 Å². The molecule has 1 amide bonds. The highest BCUT2D eigenvalue weighted by Gasteiger charge is 2.20. The summed E-state index contributed by atoms with van der Waals surface area (Å²) in [6.07, 6.45) is 0. The van der Waals surface area contributed by atoms with E-state index in [2.05, 4.69) is 15.1 Å². The lowest BCUT2D eigenvalue weighted by Crippen LogP contribution is -2.49. The Bertz CT molecular complexity index is 813. The van der Waals surface area contributed by atoms with Gasteiger partial charge in [0.2, 0.25) is 11.7 Å². The Balaban J connectivity index is 1.43. The summed E-state index contributed by atoms with van der Waals surface area (Å²) < 4.78 is 21.8. The van der Waals surface area contributed by atoms with Crippen molar-refractivity contribution in [1.29, 1.82) is 0 Å². The largest absolute Gasteiger partial charge is 0.493 e.